The minimum absolute atomic E-state index is 0.00664. The molecule has 10 heteroatoms. The second kappa shape index (κ2) is 14.9. The zero-order valence-electron chi connectivity index (χ0n) is 24.0. The lowest BCUT2D eigenvalue weighted by molar-refractivity contribution is -0.127. The zero-order valence-corrected chi connectivity index (χ0v) is 24.0. The molecule has 2 aromatic carbocycles. The lowest BCUT2D eigenvalue weighted by Gasteiger charge is -2.23. The fourth-order valence-corrected chi connectivity index (χ4v) is 4.52. The van der Waals surface area contributed by atoms with Crippen molar-refractivity contribution in [1.82, 2.24) is 20.8 Å². The summed E-state index contributed by atoms with van der Waals surface area (Å²) in [6, 6.07) is 9.35. The number of nitrogens with zero attached hydrogens (tertiary/aromatic N) is 4. The van der Waals surface area contributed by atoms with Gasteiger partial charge in [-0.2, -0.15) is 5.10 Å². The van der Waals surface area contributed by atoms with Gasteiger partial charge in [0.2, 0.25) is 5.91 Å². The van der Waals surface area contributed by atoms with E-state index in [1.54, 1.807) is 38.5 Å². The number of hydrazine groups is 1. The van der Waals surface area contributed by atoms with Crippen molar-refractivity contribution in [3.8, 4) is 16.9 Å². The Hall–Kier alpha value is -4.02. The Morgan fingerprint density at radius 1 is 1.12 bits per heavy atom. The Bertz CT molecular complexity index is 1280. The van der Waals surface area contributed by atoms with Gasteiger partial charge in [-0.3, -0.25) is 14.6 Å². The smallest absolute Gasteiger partial charge is 0.250 e. The van der Waals surface area contributed by atoms with Crippen LogP contribution in [-0.2, 0) is 4.79 Å². The summed E-state index contributed by atoms with van der Waals surface area (Å²) in [7, 11) is 5.10. The molecule has 0 saturated carbocycles. The Labute approximate surface area is 236 Å². The number of benzene rings is 2. The largest absolute Gasteiger partial charge is 0.496 e. The molecule has 3 rings (SSSR count). The standard InChI is InChI=1S/C30H40N6O4/c1-6-10-36(11-7-2)30(39)24-15-26-27(33-29(18-24)34-31-3)16-23(17-28(26)40-5)21-8-9-22(20-38)25(14-21)19-32-35(4)12-13-37/h8-9,14-17,19-20,31,37H,6-7,10-13,18H2,1-5H3,(H,33,34)/b32-19-. The average Bonchev–Trinajstić information content (AvgIpc) is 3.14. The number of aldehydes is 1. The summed E-state index contributed by atoms with van der Waals surface area (Å²) < 4.78 is 5.80. The van der Waals surface area contributed by atoms with Crippen LogP contribution in [0.5, 0.6) is 5.75 Å². The predicted molar refractivity (Wildman–Crippen MR) is 160 cm³/mol. The number of hydrogen-bond donors (Lipinski definition) is 3. The molecule has 40 heavy (non-hydrogen) atoms. The number of aliphatic hydroxyl groups is 1. The Morgan fingerprint density at radius 2 is 1.88 bits per heavy atom. The van der Waals surface area contributed by atoms with Crippen molar-refractivity contribution in [2.75, 3.05) is 47.4 Å². The molecular formula is C30H40N6O4. The van der Waals surface area contributed by atoms with Crippen LogP contribution in [0.25, 0.3) is 17.2 Å². The summed E-state index contributed by atoms with van der Waals surface area (Å²) in [4.78, 5) is 32.0. The summed E-state index contributed by atoms with van der Waals surface area (Å²) in [5.41, 5.74) is 10.9. The normalized spacial score (nSPS) is 12.8. The highest BCUT2D eigenvalue weighted by molar-refractivity contribution is 6.06. The first-order valence-corrected chi connectivity index (χ1v) is 13.6. The monoisotopic (exact) mass is 548 g/mol. The lowest BCUT2D eigenvalue weighted by atomic mass is 9.97. The molecule has 10 nitrogen and oxygen atoms in total. The molecule has 0 aliphatic carbocycles. The first-order chi connectivity index (χ1) is 19.4. The number of carbonyl (C=O) groups excluding carboxylic acids is 2. The minimum atomic E-state index is -0.0226. The Balaban J connectivity index is 2.13. The molecule has 1 aliphatic heterocycles. The van der Waals surface area contributed by atoms with E-state index < -0.39 is 0 Å². The highest BCUT2D eigenvalue weighted by atomic mass is 16.5. The number of likely N-dealkylation sites (N-methyl/N-ethyl adjacent to an activating group) is 1. The maximum Gasteiger partial charge on any atom is 0.250 e. The lowest BCUT2D eigenvalue weighted by Crippen LogP contribution is -2.37. The van der Waals surface area contributed by atoms with Crippen molar-refractivity contribution in [3.05, 3.63) is 52.6 Å². The van der Waals surface area contributed by atoms with Gasteiger partial charge in [0.05, 0.1) is 32.2 Å². The number of hydrogen-bond acceptors (Lipinski definition) is 9. The average molecular weight is 549 g/mol. The van der Waals surface area contributed by atoms with Crippen LogP contribution < -0.4 is 15.6 Å². The van der Waals surface area contributed by atoms with E-state index in [0.29, 0.717) is 60.0 Å². The summed E-state index contributed by atoms with van der Waals surface area (Å²) in [5, 5.41) is 15.1. The van der Waals surface area contributed by atoms with Crippen molar-refractivity contribution in [3.63, 3.8) is 0 Å². The summed E-state index contributed by atoms with van der Waals surface area (Å²) in [5.74, 6) is 1.19. The number of hydrazone groups is 1. The molecule has 0 unspecified atom stereocenters. The van der Waals surface area contributed by atoms with Gasteiger partial charge in [-0.25, -0.2) is 10.4 Å². The van der Waals surface area contributed by atoms with Crippen molar-refractivity contribution in [1.29, 1.82) is 0 Å². The maximum absolute atomic E-state index is 13.6. The molecule has 0 bridgehead atoms. The number of rotatable bonds is 13. The number of ether oxygens (including phenoxy) is 1. The summed E-state index contributed by atoms with van der Waals surface area (Å²) >= 11 is 0. The van der Waals surface area contributed by atoms with E-state index in [4.69, 9.17) is 14.8 Å². The molecule has 0 aromatic heterocycles. The first kappa shape index (κ1) is 30.5. The number of carbonyl (C=O) groups is 2. The Morgan fingerprint density at radius 3 is 2.50 bits per heavy atom. The SMILES string of the molecule is CCCN(CCC)C(=O)C1=Cc2c(cc(-c3ccc(C=O)c(/C=N\N(C)CCO)c3)cc2OC)N=C(NNC)C1. The van der Waals surface area contributed by atoms with Crippen molar-refractivity contribution in [2.24, 2.45) is 10.1 Å². The van der Waals surface area contributed by atoms with Crippen LogP contribution in [0, 0.1) is 0 Å². The van der Waals surface area contributed by atoms with Crippen molar-refractivity contribution >= 4 is 36.0 Å². The number of aliphatic hydroxyl groups excluding tert-OH is 1. The van der Waals surface area contributed by atoms with Crippen LogP contribution in [0.1, 0.15) is 54.6 Å². The molecule has 0 spiro atoms. The van der Waals surface area contributed by atoms with E-state index in [-0.39, 0.29) is 12.5 Å². The van der Waals surface area contributed by atoms with Gasteiger partial charge in [-0.15, -0.1) is 0 Å². The van der Waals surface area contributed by atoms with Gasteiger partial charge in [0, 0.05) is 55.9 Å². The molecule has 0 fully saturated rings. The predicted octanol–water partition coefficient (Wildman–Crippen LogP) is 3.62. The van der Waals surface area contributed by atoms with E-state index in [1.165, 1.54) is 0 Å². The molecule has 1 heterocycles. The fourth-order valence-electron chi connectivity index (χ4n) is 4.52. The van der Waals surface area contributed by atoms with E-state index >= 15 is 0 Å². The third kappa shape index (κ3) is 7.55. The van der Waals surface area contributed by atoms with Crippen LogP contribution >= 0.6 is 0 Å². The van der Waals surface area contributed by atoms with Crippen LogP contribution in [-0.4, -0.2) is 86.7 Å². The fraction of sp³-hybridized carbons (Fsp3) is 0.400. The quantitative estimate of drug-likeness (QED) is 0.199. The van der Waals surface area contributed by atoms with Crippen molar-refractivity contribution in [2.45, 2.75) is 33.1 Å². The third-order valence-electron chi connectivity index (χ3n) is 6.45. The molecule has 1 amide bonds. The number of fused-ring (bicyclic) bond motifs is 1. The van der Waals surface area contributed by atoms with Gasteiger partial charge < -0.3 is 20.2 Å². The van der Waals surface area contributed by atoms with Crippen LogP contribution in [0.3, 0.4) is 0 Å². The molecule has 1 aliphatic rings. The van der Waals surface area contributed by atoms with E-state index in [9.17, 15) is 9.59 Å². The topological polar surface area (TPSA) is 119 Å². The van der Waals surface area contributed by atoms with Crippen LogP contribution in [0.4, 0.5) is 5.69 Å². The molecule has 3 N–H and O–H groups in total. The molecule has 0 saturated heterocycles. The van der Waals surface area contributed by atoms with Gasteiger partial charge in [-0.05, 0) is 48.2 Å². The van der Waals surface area contributed by atoms with E-state index in [2.05, 4.69) is 29.8 Å². The van der Waals surface area contributed by atoms with E-state index in [0.717, 1.165) is 35.8 Å². The number of amidine groups is 1. The minimum Gasteiger partial charge on any atom is -0.496 e. The first-order valence-electron chi connectivity index (χ1n) is 13.6. The second-order valence-electron chi connectivity index (χ2n) is 9.49. The van der Waals surface area contributed by atoms with Gasteiger partial charge in [-0.1, -0.05) is 26.0 Å². The highest BCUT2D eigenvalue weighted by Gasteiger charge is 2.24. The molecule has 0 radical (unpaired) electrons. The molecule has 0 atom stereocenters. The summed E-state index contributed by atoms with van der Waals surface area (Å²) in [6.45, 7) is 5.87. The number of methoxy groups -OCH3 is 1. The molecular weight excluding hydrogens is 508 g/mol. The highest BCUT2D eigenvalue weighted by Crippen LogP contribution is 2.39. The number of amides is 1. The Kier molecular flexibility index (Phi) is 11.4. The number of nitrogens with one attached hydrogen (secondary N) is 2. The van der Waals surface area contributed by atoms with Gasteiger partial charge in [0.25, 0.3) is 0 Å². The van der Waals surface area contributed by atoms with Gasteiger partial charge in [0.15, 0.2) is 6.29 Å². The molecule has 214 valence electrons. The van der Waals surface area contributed by atoms with Crippen LogP contribution in [0.15, 0.2) is 46.0 Å². The van der Waals surface area contributed by atoms with Gasteiger partial charge in [0.1, 0.15) is 11.6 Å². The van der Waals surface area contributed by atoms with Crippen LogP contribution in [0.2, 0.25) is 0 Å². The van der Waals surface area contributed by atoms with Gasteiger partial charge >= 0.3 is 0 Å². The third-order valence-corrected chi connectivity index (χ3v) is 6.45. The summed E-state index contributed by atoms with van der Waals surface area (Å²) in [6.07, 6.45) is 6.38. The molecule has 2 aromatic rings. The zero-order chi connectivity index (χ0) is 29.1. The number of aliphatic imine (C=N–C) groups is 1. The maximum atomic E-state index is 13.6. The van der Waals surface area contributed by atoms with Crippen molar-refractivity contribution < 1.29 is 19.4 Å². The van der Waals surface area contributed by atoms with E-state index in [1.807, 2.05) is 35.2 Å². The second-order valence-corrected chi connectivity index (χ2v) is 9.49.